The third-order valence-electron chi connectivity index (χ3n) is 2.35. The van der Waals surface area contributed by atoms with Crippen molar-refractivity contribution >= 4 is 11.9 Å². The van der Waals surface area contributed by atoms with E-state index in [0.29, 0.717) is 5.56 Å². The van der Waals surface area contributed by atoms with Gasteiger partial charge in [-0.1, -0.05) is 0 Å². The summed E-state index contributed by atoms with van der Waals surface area (Å²) < 4.78 is 45.7. The van der Waals surface area contributed by atoms with Gasteiger partial charge >= 0.3 is 12.2 Å². The van der Waals surface area contributed by atoms with Gasteiger partial charge < -0.3 is 14.8 Å². The molecule has 0 saturated carbocycles. The second kappa shape index (κ2) is 7.88. The number of carbonyl (C=O) groups excluding carboxylic acids is 2. The molecule has 3 amide bonds. The molecule has 0 spiro atoms. The molecule has 124 valence electrons. The number of imide groups is 1. The van der Waals surface area contributed by atoms with Crippen molar-refractivity contribution in [3.05, 3.63) is 23.8 Å². The number of amides is 3. The maximum Gasteiger partial charge on any atom is 0.405 e. The number of halogens is 3. The molecule has 10 heteroatoms. The van der Waals surface area contributed by atoms with Crippen molar-refractivity contribution < 1.29 is 32.2 Å². The lowest BCUT2D eigenvalue weighted by molar-refractivity contribution is -0.125. The van der Waals surface area contributed by atoms with Crippen LogP contribution in [0.5, 0.6) is 11.5 Å². The number of ether oxygens (including phenoxy) is 2. The van der Waals surface area contributed by atoms with Crippen molar-refractivity contribution in [2.75, 3.05) is 20.3 Å². The highest BCUT2D eigenvalue weighted by Gasteiger charge is 2.28. The van der Waals surface area contributed by atoms with Crippen LogP contribution in [-0.4, -0.2) is 38.4 Å². The summed E-state index contributed by atoms with van der Waals surface area (Å²) in [4.78, 5) is 22.5. The van der Waals surface area contributed by atoms with Crippen molar-refractivity contribution in [3.63, 3.8) is 0 Å². The Morgan fingerprint density at radius 3 is 2.57 bits per heavy atom. The molecule has 0 aliphatic carbocycles. The molecule has 7 nitrogen and oxygen atoms in total. The zero-order chi connectivity index (χ0) is 17.5. The molecule has 1 rings (SSSR count). The van der Waals surface area contributed by atoms with E-state index in [1.807, 2.05) is 6.07 Å². The first-order valence-electron chi connectivity index (χ1n) is 6.10. The lowest BCUT2D eigenvalue weighted by atomic mass is 10.2. The average molecular weight is 331 g/mol. The Bertz CT molecular complexity index is 626. The number of nitrogens with zero attached hydrogens (tertiary/aromatic N) is 1. The van der Waals surface area contributed by atoms with Crippen LogP contribution in [0.1, 0.15) is 5.56 Å². The van der Waals surface area contributed by atoms with E-state index in [4.69, 9.17) is 14.7 Å². The van der Waals surface area contributed by atoms with E-state index in [2.05, 4.69) is 0 Å². The fourth-order valence-electron chi connectivity index (χ4n) is 1.39. The second-order valence-electron chi connectivity index (χ2n) is 4.11. The van der Waals surface area contributed by atoms with E-state index >= 15 is 0 Å². The highest BCUT2D eigenvalue weighted by Crippen LogP contribution is 2.27. The van der Waals surface area contributed by atoms with Gasteiger partial charge in [0.2, 0.25) is 0 Å². The van der Waals surface area contributed by atoms with Crippen molar-refractivity contribution in [2.24, 2.45) is 0 Å². The quantitative estimate of drug-likeness (QED) is 0.848. The molecule has 0 unspecified atom stereocenters. The van der Waals surface area contributed by atoms with Crippen molar-refractivity contribution in [2.45, 2.75) is 6.18 Å². The summed E-state index contributed by atoms with van der Waals surface area (Å²) >= 11 is 0. The molecule has 0 aliphatic rings. The molecule has 0 radical (unpaired) electrons. The first-order valence-corrected chi connectivity index (χ1v) is 6.10. The molecular formula is C13H12F3N3O4. The summed E-state index contributed by atoms with van der Waals surface area (Å²) in [7, 11) is 1.33. The first kappa shape index (κ1) is 18.1. The predicted molar refractivity (Wildman–Crippen MR) is 70.8 cm³/mol. The summed E-state index contributed by atoms with van der Waals surface area (Å²) in [5.74, 6) is -0.619. The number of methoxy groups -OCH3 is 1. The standard InChI is InChI=1S/C13H12F3N3O4/c1-22-10-4-8(5-17)2-3-9(10)23-6-11(20)19-12(21)18-7-13(14,15)16/h2-4H,6-7H2,1H3,(H2,18,19,20,21). The summed E-state index contributed by atoms with van der Waals surface area (Å²) in [6, 6.07) is 4.78. The van der Waals surface area contributed by atoms with Crippen LogP contribution >= 0.6 is 0 Å². The number of hydrogen-bond acceptors (Lipinski definition) is 5. The van der Waals surface area contributed by atoms with E-state index in [-0.39, 0.29) is 11.5 Å². The van der Waals surface area contributed by atoms with Crippen LogP contribution in [-0.2, 0) is 4.79 Å². The molecule has 1 aromatic rings. The fraction of sp³-hybridized carbons (Fsp3) is 0.308. The van der Waals surface area contributed by atoms with Gasteiger partial charge in [0.25, 0.3) is 5.91 Å². The van der Waals surface area contributed by atoms with E-state index in [1.54, 1.807) is 5.32 Å². The third-order valence-corrected chi connectivity index (χ3v) is 2.35. The number of urea groups is 1. The molecule has 0 atom stereocenters. The van der Waals surface area contributed by atoms with Gasteiger partial charge in [-0.25, -0.2) is 4.79 Å². The zero-order valence-corrected chi connectivity index (χ0v) is 11.9. The van der Waals surface area contributed by atoms with Crippen LogP contribution in [0.2, 0.25) is 0 Å². The number of hydrogen-bond donors (Lipinski definition) is 2. The van der Waals surface area contributed by atoms with E-state index < -0.39 is 31.3 Å². The largest absolute Gasteiger partial charge is 0.493 e. The van der Waals surface area contributed by atoms with Crippen molar-refractivity contribution in [1.82, 2.24) is 10.6 Å². The van der Waals surface area contributed by atoms with Gasteiger partial charge in [0.15, 0.2) is 18.1 Å². The topological polar surface area (TPSA) is 100 Å². The van der Waals surface area contributed by atoms with Gasteiger partial charge in [-0.3, -0.25) is 10.1 Å². The summed E-state index contributed by atoms with van der Waals surface area (Å²) in [6.07, 6.45) is -4.58. The van der Waals surface area contributed by atoms with Crippen LogP contribution in [0.4, 0.5) is 18.0 Å². The Morgan fingerprint density at radius 1 is 1.30 bits per heavy atom. The molecule has 0 saturated heterocycles. The van der Waals surface area contributed by atoms with E-state index in [0.717, 1.165) is 0 Å². The molecule has 2 N–H and O–H groups in total. The third kappa shape index (κ3) is 6.56. The van der Waals surface area contributed by atoms with Gasteiger partial charge in [-0.15, -0.1) is 0 Å². The highest BCUT2D eigenvalue weighted by molar-refractivity contribution is 5.95. The Morgan fingerprint density at radius 2 is 2.00 bits per heavy atom. The minimum Gasteiger partial charge on any atom is -0.493 e. The van der Waals surface area contributed by atoms with Gasteiger partial charge in [-0.05, 0) is 12.1 Å². The monoisotopic (exact) mass is 331 g/mol. The average Bonchev–Trinajstić information content (AvgIpc) is 2.50. The minimum atomic E-state index is -4.58. The van der Waals surface area contributed by atoms with Gasteiger partial charge in [0.1, 0.15) is 6.54 Å². The van der Waals surface area contributed by atoms with Crippen LogP contribution in [0, 0.1) is 11.3 Å². The maximum absolute atomic E-state index is 11.9. The van der Waals surface area contributed by atoms with Gasteiger partial charge in [0, 0.05) is 6.07 Å². The number of carbonyl (C=O) groups is 2. The number of benzene rings is 1. The van der Waals surface area contributed by atoms with Gasteiger partial charge in [0.05, 0.1) is 18.7 Å². The zero-order valence-electron chi connectivity index (χ0n) is 11.9. The second-order valence-corrected chi connectivity index (χ2v) is 4.11. The Balaban J connectivity index is 2.50. The van der Waals surface area contributed by atoms with Crippen LogP contribution < -0.4 is 20.1 Å². The minimum absolute atomic E-state index is 0.136. The van der Waals surface area contributed by atoms with Crippen LogP contribution in [0.15, 0.2) is 18.2 Å². The summed E-state index contributed by atoms with van der Waals surface area (Å²) in [5.41, 5.74) is 0.310. The lowest BCUT2D eigenvalue weighted by Crippen LogP contribution is -2.44. The number of alkyl halides is 3. The number of nitrogens with one attached hydrogen (secondary N) is 2. The molecule has 23 heavy (non-hydrogen) atoms. The van der Waals surface area contributed by atoms with E-state index in [1.165, 1.54) is 30.6 Å². The first-order chi connectivity index (χ1) is 10.7. The summed E-state index contributed by atoms with van der Waals surface area (Å²) in [6.45, 7) is -2.18. The summed E-state index contributed by atoms with van der Waals surface area (Å²) in [5, 5.41) is 11.9. The molecule has 0 aliphatic heterocycles. The predicted octanol–water partition coefficient (Wildman–Crippen LogP) is 1.33. The van der Waals surface area contributed by atoms with Crippen molar-refractivity contribution in [1.29, 1.82) is 5.26 Å². The molecular weight excluding hydrogens is 319 g/mol. The lowest BCUT2D eigenvalue weighted by Gasteiger charge is -2.11. The molecule has 1 aromatic carbocycles. The molecule has 0 fully saturated rings. The molecule has 0 aromatic heterocycles. The highest BCUT2D eigenvalue weighted by atomic mass is 19.4. The normalized spacial score (nSPS) is 10.4. The van der Waals surface area contributed by atoms with Gasteiger partial charge in [-0.2, -0.15) is 18.4 Å². The van der Waals surface area contributed by atoms with Crippen LogP contribution in [0.3, 0.4) is 0 Å². The molecule has 0 heterocycles. The fourth-order valence-corrected chi connectivity index (χ4v) is 1.39. The van der Waals surface area contributed by atoms with Crippen molar-refractivity contribution in [3.8, 4) is 17.6 Å². The number of nitriles is 1. The van der Waals surface area contributed by atoms with Crippen LogP contribution in [0.25, 0.3) is 0 Å². The SMILES string of the molecule is COc1cc(C#N)ccc1OCC(=O)NC(=O)NCC(F)(F)F. The Hall–Kier alpha value is -2.96. The number of rotatable bonds is 5. The molecule has 0 bridgehead atoms. The van der Waals surface area contributed by atoms with E-state index in [9.17, 15) is 22.8 Å². The smallest absolute Gasteiger partial charge is 0.405 e. The Labute approximate surface area is 129 Å². The maximum atomic E-state index is 11.9. The Kier molecular flexibility index (Phi) is 6.20.